The van der Waals surface area contributed by atoms with E-state index >= 15 is 0 Å². The predicted molar refractivity (Wildman–Crippen MR) is 126 cm³/mol. The standard InChI is InChI=1S/C25H34N2O8/c1-2-33-23(30)16-35-25(32)18(13-12-17-8-4-3-5-9-17)26-19-15-34-21-11-7-6-10-20(21)27(24(19)31)14-22(28)29/h6-7,10-11,17-19,26H,2-5,8-9,12-16H2,1H3,(H,28,29)/t18?,19-/m0/s1. The average Bonchev–Trinajstić information content (AvgIpc) is 2.97. The van der Waals surface area contributed by atoms with E-state index < -0.39 is 49.1 Å². The van der Waals surface area contributed by atoms with E-state index in [1.165, 1.54) is 6.42 Å². The topological polar surface area (TPSA) is 131 Å². The molecule has 192 valence electrons. The maximum absolute atomic E-state index is 13.4. The van der Waals surface area contributed by atoms with Crippen molar-refractivity contribution < 1.29 is 38.5 Å². The molecule has 0 aromatic heterocycles. The molecule has 1 aromatic rings. The number of carboxylic acids is 1. The number of nitrogens with one attached hydrogen (secondary N) is 1. The van der Waals surface area contributed by atoms with E-state index in [0.717, 1.165) is 37.0 Å². The number of hydrogen-bond acceptors (Lipinski definition) is 8. The second-order valence-corrected chi connectivity index (χ2v) is 8.86. The molecule has 1 fully saturated rings. The molecule has 1 saturated carbocycles. The predicted octanol–water partition coefficient (Wildman–Crippen LogP) is 2.29. The van der Waals surface area contributed by atoms with Crippen LogP contribution in [-0.4, -0.2) is 67.4 Å². The van der Waals surface area contributed by atoms with Gasteiger partial charge in [-0.3, -0.25) is 24.6 Å². The van der Waals surface area contributed by atoms with E-state index in [1.807, 2.05) is 0 Å². The number of fused-ring (bicyclic) bond motifs is 1. The summed E-state index contributed by atoms with van der Waals surface area (Å²) in [5, 5.41) is 12.4. The zero-order valence-corrected chi connectivity index (χ0v) is 20.1. The number of ether oxygens (including phenoxy) is 3. The lowest BCUT2D eigenvalue weighted by molar-refractivity contribution is -0.160. The molecule has 2 atom stereocenters. The Labute approximate surface area is 204 Å². The normalized spacial score (nSPS) is 19.2. The summed E-state index contributed by atoms with van der Waals surface area (Å²) in [4.78, 5) is 50.6. The maximum Gasteiger partial charge on any atom is 0.344 e. The van der Waals surface area contributed by atoms with Crippen LogP contribution in [0.15, 0.2) is 24.3 Å². The number of carboxylic acid groups (broad SMARTS) is 1. The van der Waals surface area contributed by atoms with Crippen LogP contribution in [0.25, 0.3) is 0 Å². The van der Waals surface area contributed by atoms with Crippen LogP contribution in [0, 0.1) is 5.92 Å². The molecule has 1 unspecified atom stereocenters. The minimum absolute atomic E-state index is 0.0863. The molecule has 1 aliphatic carbocycles. The van der Waals surface area contributed by atoms with Gasteiger partial charge in [-0.25, -0.2) is 4.79 Å². The van der Waals surface area contributed by atoms with Crippen molar-refractivity contribution in [2.75, 3.05) is 31.3 Å². The first-order valence-electron chi connectivity index (χ1n) is 12.2. The Morgan fingerprint density at radius 1 is 1.17 bits per heavy atom. The Balaban J connectivity index is 1.74. The first-order chi connectivity index (χ1) is 16.9. The average molecular weight is 491 g/mol. The van der Waals surface area contributed by atoms with Crippen molar-refractivity contribution in [3.05, 3.63) is 24.3 Å². The largest absolute Gasteiger partial charge is 0.489 e. The molecule has 2 N–H and O–H groups in total. The minimum Gasteiger partial charge on any atom is -0.489 e. The number of benzene rings is 1. The molecule has 10 nitrogen and oxygen atoms in total. The quantitative estimate of drug-likeness (QED) is 0.449. The van der Waals surface area contributed by atoms with Gasteiger partial charge in [0.1, 0.15) is 31.0 Å². The molecule has 1 amide bonds. The number of para-hydroxylation sites is 2. The van der Waals surface area contributed by atoms with E-state index in [-0.39, 0.29) is 13.2 Å². The van der Waals surface area contributed by atoms with Crippen LogP contribution >= 0.6 is 0 Å². The summed E-state index contributed by atoms with van der Waals surface area (Å²) >= 11 is 0. The number of carbonyl (C=O) groups excluding carboxylic acids is 3. The summed E-state index contributed by atoms with van der Waals surface area (Å²) in [6, 6.07) is 4.86. The summed E-state index contributed by atoms with van der Waals surface area (Å²) in [6.45, 7) is 0.689. The number of rotatable bonds is 11. The molecule has 3 rings (SSSR count). The maximum atomic E-state index is 13.4. The van der Waals surface area contributed by atoms with Crippen LogP contribution in [0.1, 0.15) is 51.9 Å². The summed E-state index contributed by atoms with van der Waals surface area (Å²) in [7, 11) is 0. The minimum atomic E-state index is -1.17. The summed E-state index contributed by atoms with van der Waals surface area (Å²) in [5.41, 5.74) is 0.354. The van der Waals surface area contributed by atoms with Crippen molar-refractivity contribution in [2.45, 2.75) is 64.0 Å². The number of anilines is 1. The van der Waals surface area contributed by atoms with Gasteiger partial charge in [0, 0.05) is 0 Å². The van der Waals surface area contributed by atoms with Gasteiger partial charge in [0.2, 0.25) is 5.91 Å². The molecule has 1 heterocycles. The second kappa shape index (κ2) is 13.1. The molecule has 35 heavy (non-hydrogen) atoms. The highest BCUT2D eigenvalue weighted by atomic mass is 16.6. The first-order valence-corrected chi connectivity index (χ1v) is 12.2. The zero-order valence-electron chi connectivity index (χ0n) is 20.1. The van der Waals surface area contributed by atoms with Gasteiger partial charge in [-0.05, 0) is 37.8 Å². The van der Waals surface area contributed by atoms with Crippen molar-refractivity contribution in [1.82, 2.24) is 5.32 Å². The van der Waals surface area contributed by atoms with Gasteiger partial charge < -0.3 is 19.3 Å². The number of hydrogen-bond donors (Lipinski definition) is 2. The van der Waals surface area contributed by atoms with Crippen LogP contribution in [0.4, 0.5) is 5.69 Å². The SMILES string of the molecule is CCOC(=O)COC(=O)C(CCC1CCCCC1)N[C@H]1COc2ccccc2N(CC(=O)O)C1=O. The van der Waals surface area contributed by atoms with Crippen molar-refractivity contribution in [3.63, 3.8) is 0 Å². The molecular weight excluding hydrogens is 456 g/mol. The first kappa shape index (κ1) is 26.5. The molecule has 0 spiro atoms. The molecular formula is C25H34N2O8. The summed E-state index contributed by atoms with van der Waals surface area (Å²) in [6.07, 6.45) is 6.92. The smallest absolute Gasteiger partial charge is 0.344 e. The fourth-order valence-electron chi connectivity index (χ4n) is 4.59. The monoisotopic (exact) mass is 490 g/mol. The number of amides is 1. The van der Waals surface area contributed by atoms with E-state index in [2.05, 4.69) is 5.32 Å². The molecule has 0 bridgehead atoms. The lowest BCUT2D eigenvalue weighted by Gasteiger charge is -2.28. The Hall–Kier alpha value is -3.14. The van der Waals surface area contributed by atoms with Gasteiger partial charge in [-0.1, -0.05) is 44.2 Å². The molecule has 1 aromatic carbocycles. The van der Waals surface area contributed by atoms with E-state index in [1.54, 1.807) is 31.2 Å². The molecule has 0 radical (unpaired) electrons. The Morgan fingerprint density at radius 3 is 2.63 bits per heavy atom. The Kier molecular flexibility index (Phi) is 9.89. The van der Waals surface area contributed by atoms with Crippen LogP contribution in [0.2, 0.25) is 0 Å². The van der Waals surface area contributed by atoms with Gasteiger partial charge >= 0.3 is 17.9 Å². The van der Waals surface area contributed by atoms with Crippen molar-refractivity contribution >= 4 is 29.5 Å². The Bertz CT molecular complexity index is 899. The summed E-state index contributed by atoms with van der Waals surface area (Å²) in [5.74, 6) is -2.12. The highest BCUT2D eigenvalue weighted by molar-refractivity contribution is 6.02. The number of carbonyl (C=O) groups is 4. The van der Waals surface area contributed by atoms with E-state index in [0.29, 0.717) is 23.8 Å². The number of esters is 2. The molecule has 2 aliphatic rings. The van der Waals surface area contributed by atoms with Gasteiger partial charge in [-0.15, -0.1) is 0 Å². The fourth-order valence-corrected chi connectivity index (χ4v) is 4.59. The summed E-state index contributed by atoms with van der Waals surface area (Å²) < 4.78 is 15.8. The van der Waals surface area contributed by atoms with Gasteiger partial charge in [0.15, 0.2) is 6.61 Å². The van der Waals surface area contributed by atoms with Crippen molar-refractivity contribution in [2.24, 2.45) is 5.92 Å². The van der Waals surface area contributed by atoms with Gasteiger partial charge in [0.25, 0.3) is 0 Å². The van der Waals surface area contributed by atoms with Crippen LogP contribution in [0.5, 0.6) is 5.75 Å². The highest BCUT2D eigenvalue weighted by Crippen LogP contribution is 2.31. The third kappa shape index (κ3) is 7.68. The van der Waals surface area contributed by atoms with Crippen LogP contribution in [0.3, 0.4) is 0 Å². The lowest BCUT2D eigenvalue weighted by atomic mass is 9.85. The Morgan fingerprint density at radius 2 is 1.91 bits per heavy atom. The van der Waals surface area contributed by atoms with Crippen molar-refractivity contribution in [1.29, 1.82) is 0 Å². The number of aliphatic carboxylic acids is 1. The zero-order chi connectivity index (χ0) is 25.2. The van der Waals surface area contributed by atoms with Gasteiger partial charge in [0.05, 0.1) is 12.3 Å². The van der Waals surface area contributed by atoms with E-state index in [4.69, 9.17) is 14.2 Å². The second-order valence-electron chi connectivity index (χ2n) is 8.86. The molecule has 0 saturated heterocycles. The highest BCUT2D eigenvalue weighted by Gasteiger charge is 2.36. The molecule has 10 heteroatoms. The fraction of sp³-hybridized carbons (Fsp3) is 0.600. The third-order valence-corrected chi connectivity index (χ3v) is 6.33. The number of nitrogens with zero attached hydrogens (tertiary/aromatic N) is 1. The lowest BCUT2D eigenvalue weighted by Crippen LogP contribution is -2.55. The van der Waals surface area contributed by atoms with Gasteiger partial charge in [-0.2, -0.15) is 0 Å². The third-order valence-electron chi connectivity index (χ3n) is 6.33. The molecule has 1 aliphatic heterocycles. The van der Waals surface area contributed by atoms with Crippen molar-refractivity contribution in [3.8, 4) is 5.75 Å². The van der Waals surface area contributed by atoms with E-state index in [9.17, 15) is 24.3 Å². The van der Waals surface area contributed by atoms with Crippen LogP contribution < -0.4 is 15.0 Å². The van der Waals surface area contributed by atoms with Crippen LogP contribution in [-0.2, 0) is 28.7 Å².